The van der Waals surface area contributed by atoms with Gasteiger partial charge in [-0.15, -0.1) is 10.2 Å². The van der Waals surface area contributed by atoms with E-state index in [0.717, 1.165) is 28.6 Å². The molecule has 0 aliphatic carbocycles. The highest BCUT2D eigenvalue weighted by Crippen LogP contribution is 2.40. The molecule has 350 valence electrons. The van der Waals surface area contributed by atoms with Gasteiger partial charge in [0.05, 0.1) is 60.9 Å². The van der Waals surface area contributed by atoms with Crippen LogP contribution in [0.3, 0.4) is 0 Å². The molecule has 2 aliphatic heterocycles. The quantitative estimate of drug-likeness (QED) is 0.109. The zero-order valence-corrected chi connectivity index (χ0v) is 37.1. The number of alkyl halides is 8. The van der Waals surface area contributed by atoms with Gasteiger partial charge in [0.1, 0.15) is 0 Å². The van der Waals surface area contributed by atoms with Crippen molar-refractivity contribution in [3.8, 4) is 0 Å². The molecule has 0 saturated carbocycles. The summed E-state index contributed by atoms with van der Waals surface area (Å²) < 4.78 is 121. The summed E-state index contributed by atoms with van der Waals surface area (Å²) in [5, 5.41) is 30.2. The summed E-state index contributed by atoms with van der Waals surface area (Å²) in [7, 11) is 0. The number of nitrogens with zero attached hydrogens (tertiary/aromatic N) is 6. The SMILES string of the molecule is Cc1c([C@@H](C)Nc2nnc(CC[C@@H](Nc3nnc(C)c4ccc(N5CCOC[C@@H]5C)cc34)c3cccc(C(F)(F)F)c3C)c3ccc(N4CCNCC(F)(F)C4)cc23)cccc1C(F)(F)F. The zero-order valence-electron chi connectivity index (χ0n) is 37.1. The van der Waals surface area contributed by atoms with Gasteiger partial charge in [-0.3, -0.25) is 0 Å². The van der Waals surface area contributed by atoms with Crippen LogP contribution in [0.1, 0.15) is 77.1 Å². The van der Waals surface area contributed by atoms with E-state index < -0.39 is 54.6 Å². The summed E-state index contributed by atoms with van der Waals surface area (Å²) in [5.74, 6) is -2.43. The smallest absolute Gasteiger partial charge is 0.377 e. The van der Waals surface area contributed by atoms with Gasteiger partial charge in [-0.05, 0) is 106 Å². The molecule has 3 atom stereocenters. The summed E-state index contributed by atoms with van der Waals surface area (Å²) in [6.07, 6.45) is -8.82. The van der Waals surface area contributed by atoms with Crippen molar-refractivity contribution in [2.75, 3.05) is 66.4 Å². The first-order chi connectivity index (χ1) is 31.3. The molecule has 0 spiro atoms. The number of halogens is 8. The molecule has 0 bridgehead atoms. The summed E-state index contributed by atoms with van der Waals surface area (Å²) in [6.45, 7) is 9.82. The van der Waals surface area contributed by atoms with Crippen molar-refractivity contribution < 1.29 is 39.9 Å². The molecule has 0 unspecified atom stereocenters. The second kappa shape index (κ2) is 18.4. The van der Waals surface area contributed by atoms with E-state index in [0.29, 0.717) is 71.1 Å². The first kappa shape index (κ1) is 46.6. The highest BCUT2D eigenvalue weighted by molar-refractivity contribution is 5.96. The normalized spacial score (nSPS) is 18.0. The third-order valence-electron chi connectivity index (χ3n) is 12.8. The Bertz CT molecular complexity index is 2730. The van der Waals surface area contributed by atoms with Crippen LogP contribution in [0.15, 0.2) is 72.8 Å². The Kier molecular flexibility index (Phi) is 13.0. The number of aryl methyl sites for hydroxylation is 2. The fraction of sp³-hybridized carbons (Fsp3) is 0.417. The number of nitrogens with one attached hydrogen (secondary N) is 3. The molecular weight excluding hydrogens is 871 g/mol. The van der Waals surface area contributed by atoms with Crippen LogP contribution in [0.25, 0.3) is 21.5 Å². The standard InChI is InChI=1S/C48H51F8N9O/c1-27-24-66-21-20-65(27)33-13-14-36-31(5)60-62-45(38(36)23-33)59-42(35-9-7-11-41(29(35)3)48(54,55)56)16-17-43-37-15-12-32(64-19-18-57-25-46(49,50)26-64)22-39(37)44(63-61-43)58-30(4)34-8-6-10-40(28(34)2)47(51,52)53/h6-15,22-23,27,30,42,57H,16-21,24-26H2,1-5H3,(H,58,63)(H,59,62)/t27-,30+,42+/m0/s1. The molecule has 4 aromatic carbocycles. The van der Waals surface area contributed by atoms with Crippen LogP contribution >= 0.6 is 0 Å². The van der Waals surface area contributed by atoms with E-state index in [2.05, 4.69) is 48.2 Å². The van der Waals surface area contributed by atoms with Crippen molar-refractivity contribution in [3.05, 3.63) is 118 Å². The van der Waals surface area contributed by atoms with Crippen LogP contribution < -0.4 is 25.8 Å². The van der Waals surface area contributed by atoms with Gasteiger partial charge in [-0.2, -0.15) is 36.5 Å². The Morgan fingerprint density at radius 3 is 2.09 bits per heavy atom. The van der Waals surface area contributed by atoms with Gasteiger partial charge in [-0.1, -0.05) is 36.4 Å². The fourth-order valence-corrected chi connectivity index (χ4v) is 9.28. The van der Waals surface area contributed by atoms with Gasteiger partial charge in [0, 0.05) is 58.6 Å². The zero-order chi connectivity index (χ0) is 47.1. The number of aromatic nitrogens is 4. The average Bonchev–Trinajstić information content (AvgIpc) is 3.45. The molecule has 66 heavy (non-hydrogen) atoms. The van der Waals surface area contributed by atoms with Gasteiger partial charge < -0.3 is 30.5 Å². The van der Waals surface area contributed by atoms with Crippen molar-refractivity contribution in [1.82, 2.24) is 25.7 Å². The number of ether oxygens (including phenoxy) is 1. The fourth-order valence-electron chi connectivity index (χ4n) is 9.28. The van der Waals surface area contributed by atoms with Crippen molar-refractivity contribution in [3.63, 3.8) is 0 Å². The summed E-state index contributed by atoms with van der Waals surface area (Å²) in [5.41, 5.74) is 1.86. The van der Waals surface area contributed by atoms with E-state index in [4.69, 9.17) is 4.74 Å². The Hall–Kier alpha value is -5.88. The highest BCUT2D eigenvalue weighted by atomic mass is 19.4. The lowest BCUT2D eigenvalue weighted by atomic mass is 9.92. The first-order valence-electron chi connectivity index (χ1n) is 21.9. The van der Waals surface area contributed by atoms with E-state index in [9.17, 15) is 35.1 Å². The molecule has 2 aromatic heterocycles. The van der Waals surface area contributed by atoms with Crippen LogP contribution in [0, 0.1) is 20.8 Å². The van der Waals surface area contributed by atoms with E-state index in [1.54, 1.807) is 42.2 Å². The second-order valence-corrected chi connectivity index (χ2v) is 17.3. The van der Waals surface area contributed by atoms with Crippen LogP contribution in [0.2, 0.25) is 0 Å². The molecule has 2 saturated heterocycles. The summed E-state index contributed by atoms with van der Waals surface area (Å²) in [4.78, 5) is 3.81. The maximum absolute atomic E-state index is 14.9. The molecule has 6 aromatic rings. The minimum absolute atomic E-state index is 0.0393. The van der Waals surface area contributed by atoms with Gasteiger partial charge >= 0.3 is 12.4 Å². The van der Waals surface area contributed by atoms with E-state index in [1.165, 1.54) is 26.0 Å². The number of hydrogen-bond acceptors (Lipinski definition) is 10. The molecule has 18 heteroatoms. The monoisotopic (exact) mass is 921 g/mol. The van der Waals surface area contributed by atoms with Crippen LogP contribution in [0.5, 0.6) is 0 Å². The minimum atomic E-state index is -4.62. The molecule has 8 rings (SSSR count). The maximum Gasteiger partial charge on any atom is 0.416 e. The lowest BCUT2D eigenvalue weighted by Gasteiger charge is -2.35. The van der Waals surface area contributed by atoms with Crippen molar-refractivity contribution in [2.45, 2.75) is 83.9 Å². The molecule has 2 aliphatic rings. The van der Waals surface area contributed by atoms with Crippen molar-refractivity contribution >= 4 is 44.6 Å². The summed E-state index contributed by atoms with van der Waals surface area (Å²) in [6, 6.07) is 17.9. The third kappa shape index (κ3) is 9.80. The Morgan fingerprint density at radius 1 is 0.758 bits per heavy atom. The van der Waals surface area contributed by atoms with E-state index in [-0.39, 0.29) is 42.4 Å². The number of benzene rings is 4. The van der Waals surface area contributed by atoms with E-state index >= 15 is 0 Å². The lowest BCUT2D eigenvalue weighted by molar-refractivity contribution is -0.138. The van der Waals surface area contributed by atoms with Crippen LogP contribution in [0.4, 0.5) is 58.1 Å². The molecule has 0 radical (unpaired) electrons. The minimum Gasteiger partial charge on any atom is -0.377 e. The van der Waals surface area contributed by atoms with Crippen molar-refractivity contribution in [1.29, 1.82) is 0 Å². The Labute approximate surface area is 377 Å². The van der Waals surface area contributed by atoms with Gasteiger partial charge in [0.25, 0.3) is 5.92 Å². The predicted molar refractivity (Wildman–Crippen MR) is 241 cm³/mol. The number of fused-ring (bicyclic) bond motifs is 2. The Balaban J connectivity index is 1.20. The molecule has 3 N–H and O–H groups in total. The largest absolute Gasteiger partial charge is 0.416 e. The number of anilines is 4. The molecule has 10 nitrogen and oxygen atoms in total. The van der Waals surface area contributed by atoms with Gasteiger partial charge in [0.2, 0.25) is 0 Å². The molecule has 2 fully saturated rings. The first-order valence-corrected chi connectivity index (χ1v) is 21.9. The van der Waals surface area contributed by atoms with Crippen LogP contribution in [-0.4, -0.2) is 78.3 Å². The van der Waals surface area contributed by atoms with Gasteiger partial charge in [0.15, 0.2) is 11.6 Å². The molecular formula is C48H51F8N9O. The Morgan fingerprint density at radius 2 is 1.38 bits per heavy atom. The average molecular weight is 922 g/mol. The topological polar surface area (TPSA) is 103 Å². The maximum atomic E-state index is 14.9. The second-order valence-electron chi connectivity index (χ2n) is 17.3. The molecule has 0 amide bonds. The highest BCUT2D eigenvalue weighted by Gasteiger charge is 2.36. The van der Waals surface area contributed by atoms with Crippen molar-refractivity contribution in [2.24, 2.45) is 0 Å². The number of hydrogen-bond donors (Lipinski definition) is 3. The number of rotatable bonds is 11. The predicted octanol–water partition coefficient (Wildman–Crippen LogP) is 10.8. The molecule has 4 heterocycles. The lowest BCUT2D eigenvalue weighted by Crippen LogP contribution is -2.43. The summed E-state index contributed by atoms with van der Waals surface area (Å²) >= 11 is 0. The third-order valence-corrected chi connectivity index (χ3v) is 12.8. The van der Waals surface area contributed by atoms with Crippen LogP contribution in [-0.2, 0) is 23.5 Å². The van der Waals surface area contributed by atoms with Gasteiger partial charge in [-0.25, -0.2) is 8.78 Å². The number of morpholine rings is 1. The van der Waals surface area contributed by atoms with E-state index in [1.807, 2.05) is 25.1 Å².